The van der Waals surface area contributed by atoms with Gasteiger partial charge in [0.1, 0.15) is 5.03 Å². The molecule has 0 spiro atoms. The van der Waals surface area contributed by atoms with Gasteiger partial charge in [-0.3, -0.25) is 9.78 Å². The minimum Gasteiger partial charge on any atom is -0.322 e. The van der Waals surface area contributed by atoms with Gasteiger partial charge in [0.25, 0.3) is 11.7 Å². The molecule has 98 valence electrons. The Balaban J connectivity index is 2.19. The molecule has 0 aliphatic rings. The number of rotatable bonds is 4. The van der Waals surface area contributed by atoms with Crippen molar-refractivity contribution in [1.29, 1.82) is 0 Å². The standard InChI is InChI=1S/C12H9F2N3OS/c13-12(14)19-11-9(2-1-5-16-11)10(18)17-8-3-6-15-7-4-8/h1-7,12H,(H,15,17,18). The Morgan fingerprint density at radius 1 is 1.21 bits per heavy atom. The Labute approximate surface area is 112 Å². The fraction of sp³-hybridized carbons (Fsp3) is 0.0833. The second kappa shape index (κ2) is 6.24. The van der Waals surface area contributed by atoms with Crippen LogP contribution < -0.4 is 5.32 Å². The summed E-state index contributed by atoms with van der Waals surface area (Å²) in [5.41, 5.74) is 0.654. The van der Waals surface area contributed by atoms with Crippen LogP contribution in [-0.2, 0) is 0 Å². The lowest BCUT2D eigenvalue weighted by atomic mass is 10.2. The molecule has 2 aromatic heterocycles. The number of halogens is 2. The van der Waals surface area contributed by atoms with Gasteiger partial charge in [-0.1, -0.05) is 0 Å². The highest BCUT2D eigenvalue weighted by molar-refractivity contribution is 7.99. The summed E-state index contributed by atoms with van der Waals surface area (Å²) in [5, 5.41) is 2.60. The Hall–Kier alpha value is -2.02. The second-order valence-electron chi connectivity index (χ2n) is 3.42. The van der Waals surface area contributed by atoms with Crippen LogP contribution in [0.1, 0.15) is 10.4 Å². The van der Waals surface area contributed by atoms with Crippen LogP contribution in [0, 0.1) is 0 Å². The molecule has 0 fully saturated rings. The van der Waals surface area contributed by atoms with Crippen molar-refractivity contribution in [3.05, 3.63) is 48.4 Å². The van der Waals surface area contributed by atoms with Crippen molar-refractivity contribution in [2.75, 3.05) is 5.32 Å². The van der Waals surface area contributed by atoms with Gasteiger partial charge >= 0.3 is 0 Å². The number of alkyl halides is 2. The zero-order valence-electron chi connectivity index (χ0n) is 9.59. The number of amides is 1. The Kier molecular flexibility index (Phi) is 4.40. The molecular weight excluding hydrogens is 272 g/mol. The SMILES string of the molecule is O=C(Nc1ccncc1)c1cccnc1SC(F)F. The van der Waals surface area contributed by atoms with Crippen LogP contribution in [0.4, 0.5) is 14.5 Å². The van der Waals surface area contributed by atoms with Crippen molar-refractivity contribution in [1.82, 2.24) is 9.97 Å². The molecule has 0 saturated carbocycles. The molecule has 0 aliphatic heterocycles. The molecule has 1 amide bonds. The Morgan fingerprint density at radius 2 is 1.95 bits per heavy atom. The third-order valence-electron chi connectivity index (χ3n) is 2.15. The molecule has 2 aromatic rings. The summed E-state index contributed by atoms with van der Waals surface area (Å²) in [7, 11) is 0. The first-order chi connectivity index (χ1) is 9.16. The zero-order valence-corrected chi connectivity index (χ0v) is 10.4. The van der Waals surface area contributed by atoms with Gasteiger partial charge in [0.2, 0.25) is 0 Å². The summed E-state index contributed by atoms with van der Waals surface area (Å²) in [6.07, 6.45) is 4.41. The lowest BCUT2D eigenvalue weighted by Gasteiger charge is -2.08. The van der Waals surface area contributed by atoms with Crippen molar-refractivity contribution in [3.8, 4) is 0 Å². The van der Waals surface area contributed by atoms with Crippen LogP contribution in [0.25, 0.3) is 0 Å². The van der Waals surface area contributed by atoms with Crippen LogP contribution in [-0.4, -0.2) is 21.6 Å². The number of pyridine rings is 2. The molecule has 0 aromatic carbocycles. The summed E-state index contributed by atoms with van der Waals surface area (Å²) in [6.45, 7) is 0. The van der Waals surface area contributed by atoms with Crippen molar-refractivity contribution in [3.63, 3.8) is 0 Å². The molecular formula is C12H9F2N3OS. The van der Waals surface area contributed by atoms with E-state index < -0.39 is 11.7 Å². The minimum atomic E-state index is -2.62. The fourth-order valence-electron chi connectivity index (χ4n) is 1.38. The molecule has 0 aliphatic carbocycles. The number of hydrogen-bond donors (Lipinski definition) is 1. The number of anilines is 1. The van der Waals surface area contributed by atoms with E-state index in [1.54, 1.807) is 12.1 Å². The van der Waals surface area contributed by atoms with Gasteiger partial charge in [-0.05, 0) is 36.0 Å². The predicted octanol–water partition coefficient (Wildman–Crippen LogP) is 3.04. The maximum Gasteiger partial charge on any atom is 0.290 e. The van der Waals surface area contributed by atoms with Gasteiger partial charge in [0, 0.05) is 24.3 Å². The third kappa shape index (κ3) is 3.72. The number of nitrogens with zero attached hydrogens (tertiary/aromatic N) is 2. The largest absolute Gasteiger partial charge is 0.322 e. The van der Waals surface area contributed by atoms with E-state index in [0.29, 0.717) is 5.69 Å². The van der Waals surface area contributed by atoms with E-state index in [9.17, 15) is 13.6 Å². The number of hydrogen-bond acceptors (Lipinski definition) is 4. The first-order valence-electron chi connectivity index (χ1n) is 5.28. The van der Waals surface area contributed by atoms with E-state index in [4.69, 9.17) is 0 Å². The normalized spacial score (nSPS) is 10.5. The topological polar surface area (TPSA) is 54.9 Å². The summed E-state index contributed by atoms with van der Waals surface area (Å²) < 4.78 is 24.7. The molecule has 4 nitrogen and oxygen atoms in total. The van der Waals surface area contributed by atoms with Crippen molar-refractivity contribution in [2.24, 2.45) is 0 Å². The highest BCUT2D eigenvalue weighted by Crippen LogP contribution is 2.26. The molecule has 7 heteroatoms. The first kappa shape index (κ1) is 13.4. The van der Waals surface area contributed by atoms with E-state index in [2.05, 4.69) is 15.3 Å². The molecule has 0 unspecified atom stereocenters. The number of carbonyl (C=O) groups is 1. The van der Waals surface area contributed by atoms with E-state index in [0.717, 1.165) is 0 Å². The molecule has 2 rings (SSSR count). The van der Waals surface area contributed by atoms with Crippen LogP contribution >= 0.6 is 11.8 Å². The predicted molar refractivity (Wildman–Crippen MR) is 68.3 cm³/mol. The molecule has 0 atom stereocenters. The molecule has 0 bridgehead atoms. The van der Waals surface area contributed by atoms with E-state index in [1.807, 2.05) is 0 Å². The highest BCUT2D eigenvalue weighted by Gasteiger charge is 2.16. The van der Waals surface area contributed by atoms with Gasteiger partial charge in [0.05, 0.1) is 5.56 Å². The zero-order chi connectivity index (χ0) is 13.7. The number of carbonyl (C=O) groups excluding carboxylic acids is 1. The summed E-state index contributed by atoms with van der Waals surface area (Å²) in [5.74, 6) is -3.11. The third-order valence-corrected chi connectivity index (χ3v) is 2.88. The summed E-state index contributed by atoms with van der Waals surface area (Å²) in [4.78, 5) is 19.6. The lowest BCUT2D eigenvalue weighted by molar-refractivity contribution is 0.102. The molecule has 1 N–H and O–H groups in total. The molecule has 19 heavy (non-hydrogen) atoms. The average Bonchev–Trinajstić information content (AvgIpc) is 2.39. The summed E-state index contributed by atoms with van der Waals surface area (Å²) in [6, 6.07) is 6.19. The van der Waals surface area contributed by atoms with E-state index in [1.165, 1.54) is 30.7 Å². The number of nitrogens with one attached hydrogen (secondary N) is 1. The monoisotopic (exact) mass is 281 g/mol. The Morgan fingerprint density at radius 3 is 2.63 bits per heavy atom. The smallest absolute Gasteiger partial charge is 0.290 e. The van der Waals surface area contributed by atoms with Crippen molar-refractivity contribution in [2.45, 2.75) is 10.8 Å². The van der Waals surface area contributed by atoms with Crippen LogP contribution in [0.3, 0.4) is 0 Å². The molecule has 0 saturated heterocycles. The van der Waals surface area contributed by atoms with Gasteiger partial charge < -0.3 is 5.32 Å². The lowest BCUT2D eigenvalue weighted by Crippen LogP contribution is -2.13. The number of aromatic nitrogens is 2. The molecule has 2 heterocycles. The van der Waals surface area contributed by atoms with Crippen LogP contribution in [0.15, 0.2) is 47.9 Å². The fourth-order valence-corrected chi connectivity index (χ4v) is 1.95. The van der Waals surface area contributed by atoms with Gasteiger partial charge in [0.15, 0.2) is 0 Å². The second-order valence-corrected chi connectivity index (χ2v) is 4.40. The maximum absolute atomic E-state index is 12.4. The average molecular weight is 281 g/mol. The van der Waals surface area contributed by atoms with Crippen molar-refractivity contribution >= 4 is 23.4 Å². The summed E-state index contributed by atoms with van der Waals surface area (Å²) >= 11 is 0.246. The van der Waals surface area contributed by atoms with Crippen molar-refractivity contribution < 1.29 is 13.6 Å². The maximum atomic E-state index is 12.4. The highest BCUT2D eigenvalue weighted by atomic mass is 32.2. The first-order valence-corrected chi connectivity index (χ1v) is 6.16. The van der Waals surface area contributed by atoms with Gasteiger partial charge in [-0.2, -0.15) is 8.78 Å². The van der Waals surface area contributed by atoms with Crippen LogP contribution in [0.5, 0.6) is 0 Å². The quantitative estimate of drug-likeness (QED) is 0.875. The van der Waals surface area contributed by atoms with Gasteiger partial charge in [-0.15, -0.1) is 0 Å². The minimum absolute atomic E-state index is 0.00376. The van der Waals surface area contributed by atoms with E-state index >= 15 is 0 Å². The molecule has 0 radical (unpaired) electrons. The Bertz CT molecular complexity index is 566. The van der Waals surface area contributed by atoms with Crippen LogP contribution in [0.2, 0.25) is 0 Å². The van der Waals surface area contributed by atoms with E-state index in [-0.39, 0.29) is 22.4 Å². The number of thioether (sulfide) groups is 1. The van der Waals surface area contributed by atoms with Gasteiger partial charge in [-0.25, -0.2) is 4.98 Å².